The van der Waals surface area contributed by atoms with Crippen LogP contribution < -0.4 is 10.6 Å². The molecule has 0 radical (unpaired) electrons. The van der Waals surface area contributed by atoms with E-state index in [-0.39, 0.29) is 0 Å². The molecule has 4 nitrogen and oxygen atoms in total. The van der Waals surface area contributed by atoms with Crippen molar-refractivity contribution >= 4 is 40.7 Å². The summed E-state index contributed by atoms with van der Waals surface area (Å²) in [6.07, 6.45) is 1.53. The fourth-order valence-electron chi connectivity index (χ4n) is 1.27. The Morgan fingerprint density at radius 3 is 2.59 bits per heavy atom. The Labute approximate surface area is 109 Å². The summed E-state index contributed by atoms with van der Waals surface area (Å²) in [5.74, 6) is 1.00. The zero-order valence-corrected chi connectivity index (χ0v) is 10.5. The predicted octanol–water partition coefficient (Wildman–Crippen LogP) is 3.57. The van der Waals surface area contributed by atoms with E-state index < -0.39 is 0 Å². The zero-order chi connectivity index (χ0) is 12.3. The Kier molecular flexibility index (Phi) is 3.66. The van der Waals surface area contributed by atoms with E-state index in [0.717, 1.165) is 5.69 Å². The van der Waals surface area contributed by atoms with Gasteiger partial charge in [-0.3, -0.25) is 0 Å². The third kappa shape index (κ3) is 2.78. The molecule has 0 aliphatic rings. The smallest absolute Gasteiger partial charge is 0.224 e. The second-order valence-corrected chi connectivity index (χ2v) is 4.06. The molecule has 6 heteroatoms. The Morgan fingerprint density at radius 1 is 1.12 bits per heavy atom. The van der Waals surface area contributed by atoms with Crippen LogP contribution in [0, 0.1) is 0 Å². The molecule has 1 heterocycles. The number of nitrogens with zero attached hydrogens (tertiary/aromatic N) is 2. The van der Waals surface area contributed by atoms with Gasteiger partial charge in [-0.15, -0.1) is 0 Å². The van der Waals surface area contributed by atoms with Gasteiger partial charge in [0.1, 0.15) is 5.02 Å². The van der Waals surface area contributed by atoms with Crippen molar-refractivity contribution in [2.75, 3.05) is 17.7 Å². The van der Waals surface area contributed by atoms with Crippen LogP contribution in [0.1, 0.15) is 0 Å². The van der Waals surface area contributed by atoms with Crippen LogP contribution in [0.15, 0.2) is 30.5 Å². The molecule has 0 amide bonds. The summed E-state index contributed by atoms with van der Waals surface area (Å²) in [6.45, 7) is 0. The largest absolute Gasteiger partial charge is 0.357 e. The molecule has 0 unspecified atom stereocenters. The highest BCUT2D eigenvalue weighted by atomic mass is 35.5. The number of rotatable bonds is 3. The highest BCUT2D eigenvalue weighted by Gasteiger charge is 2.06. The van der Waals surface area contributed by atoms with E-state index in [0.29, 0.717) is 21.8 Å². The van der Waals surface area contributed by atoms with Crippen molar-refractivity contribution in [2.45, 2.75) is 0 Å². The fourth-order valence-corrected chi connectivity index (χ4v) is 1.59. The third-order valence-electron chi connectivity index (χ3n) is 2.09. The van der Waals surface area contributed by atoms with Crippen LogP contribution in [0.3, 0.4) is 0 Å². The second-order valence-electron chi connectivity index (χ2n) is 3.24. The number of nitrogens with one attached hydrogen (secondary N) is 2. The topological polar surface area (TPSA) is 49.8 Å². The molecule has 0 fully saturated rings. The van der Waals surface area contributed by atoms with Gasteiger partial charge in [0.15, 0.2) is 5.82 Å². The molecule has 2 aromatic rings. The molecule has 0 aliphatic carbocycles. The van der Waals surface area contributed by atoms with Gasteiger partial charge in [-0.2, -0.15) is 4.98 Å². The molecule has 0 saturated heterocycles. The Morgan fingerprint density at radius 2 is 1.88 bits per heavy atom. The lowest BCUT2D eigenvalue weighted by molar-refractivity contribution is 1.15. The maximum atomic E-state index is 6.04. The number of hydrogen-bond donors (Lipinski definition) is 2. The maximum absolute atomic E-state index is 6.04. The van der Waals surface area contributed by atoms with Crippen molar-refractivity contribution < 1.29 is 0 Å². The van der Waals surface area contributed by atoms with Crippen LogP contribution in [0.25, 0.3) is 0 Å². The molecule has 0 spiro atoms. The van der Waals surface area contributed by atoms with Crippen LogP contribution in [-0.4, -0.2) is 17.0 Å². The van der Waals surface area contributed by atoms with Gasteiger partial charge in [0.05, 0.1) is 16.9 Å². The predicted molar refractivity (Wildman–Crippen MR) is 71.3 cm³/mol. The molecule has 2 rings (SSSR count). The highest BCUT2D eigenvalue weighted by Crippen LogP contribution is 2.27. The Balaban J connectivity index is 2.32. The summed E-state index contributed by atoms with van der Waals surface area (Å²) >= 11 is 12.0. The van der Waals surface area contributed by atoms with Crippen molar-refractivity contribution in [3.05, 3.63) is 40.5 Å². The van der Waals surface area contributed by atoms with E-state index in [1.165, 1.54) is 6.20 Å². The fraction of sp³-hybridized carbons (Fsp3) is 0.0909. The zero-order valence-electron chi connectivity index (χ0n) is 9.04. The maximum Gasteiger partial charge on any atom is 0.224 e. The first-order chi connectivity index (χ1) is 8.20. The van der Waals surface area contributed by atoms with E-state index in [1.807, 2.05) is 18.2 Å². The van der Waals surface area contributed by atoms with Crippen LogP contribution in [-0.2, 0) is 0 Å². The molecule has 17 heavy (non-hydrogen) atoms. The van der Waals surface area contributed by atoms with Crippen LogP contribution >= 0.6 is 23.2 Å². The van der Waals surface area contributed by atoms with Crippen molar-refractivity contribution in [2.24, 2.45) is 0 Å². The lowest BCUT2D eigenvalue weighted by atomic mass is 10.3. The first kappa shape index (κ1) is 12.0. The van der Waals surface area contributed by atoms with Gasteiger partial charge in [0.2, 0.25) is 5.95 Å². The quantitative estimate of drug-likeness (QED) is 0.894. The number of benzene rings is 1. The van der Waals surface area contributed by atoms with Gasteiger partial charge in [-0.25, -0.2) is 4.98 Å². The normalized spacial score (nSPS) is 10.1. The summed E-state index contributed by atoms with van der Waals surface area (Å²) in [7, 11) is 1.74. The van der Waals surface area contributed by atoms with E-state index in [9.17, 15) is 0 Å². The van der Waals surface area contributed by atoms with E-state index in [2.05, 4.69) is 20.6 Å². The third-order valence-corrected chi connectivity index (χ3v) is 2.70. The number of anilines is 3. The van der Waals surface area contributed by atoms with E-state index in [1.54, 1.807) is 13.1 Å². The molecule has 88 valence electrons. The molecule has 0 saturated carbocycles. The van der Waals surface area contributed by atoms with E-state index >= 15 is 0 Å². The van der Waals surface area contributed by atoms with Gasteiger partial charge >= 0.3 is 0 Å². The monoisotopic (exact) mass is 268 g/mol. The van der Waals surface area contributed by atoms with Crippen molar-refractivity contribution in [3.63, 3.8) is 0 Å². The molecule has 0 aliphatic heterocycles. The Hall–Kier alpha value is -1.52. The summed E-state index contributed by atoms with van der Waals surface area (Å²) in [5, 5.41) is 6.94. The van der Waals surface area contributed by atoms with Crippen LogP contribution in [0.4, 0.5) is 17.5 Å². The van der Waals surface area contributed by atoms with Crippen molar-refractivity contribution in [1.82, 2.24) is 9.97 Å². The minimum atomic E-state index is 0.434. The second kappa shape index (κ2) is 5.21. The molecular weight excluding hydrogens is 259 g/mol. The summed E-state index contributed by atoms with van der Waals surface area (Å²) in [4.78, 5) is 8.20. The van der Waals surface area contributed by atoms with Gasteiger partial charge < -0.3 is 10.6 Å². The first-order valence-electron chi connectivity index (χ1n) is 4.92. The lowest BCUT2D eigenvalue weighted by Gasteiger charge is -2.09. The lowest BCUT2D eigenvalue weighted by Crippen LogP contribution is -2.01. The first-order valence-corrected chi connectivity index (χ1v) is 5.68. The summed E-state index contributed by atoms with van der Waals surface area (Å²) < 4.78 is 0. The molecule has 0 bridgehead atoms. The number of hydrogen-bond acceptors (Lipinski definition) is 4. The van der Waals surface area contributed by atoms with Crippen LogP contribution in [0.5, 0.6) is 0 Å². The molecule has 0 atom stereocenters. The molecule has 1 aromatic heterocycles. The van der Waals surface area contributed by atoms with Gasteiger partial charge in [-0.1, -0.05) is 35.3 Å². The standard InChI is InChI=1S/C11H10Cl2N4/c1-14-11-15-6-8(13)10(17-11)16-9-5-3-2-4-7(9)12/h2-6H,1H3,(H2,14,15,16,17). The van der Waals surface area contributed by atoms with Gasteiger partial charge in [0, 0.05) is 7.05 Å². The average molecular weight is 269 g/mol. The highest BCUT2D eigenvalue weighted by molar-refractivity contribution is 6.34. The van der Waals surface area contributed by atoms with Crippen LogP contribution in [0.2, 0.25) is 10.0 Å². The number of para-hydroxylation sites is 1. The molecule has 2 N–H and O–H groups in total. The molecular formula is C11H10Cl2N4. The SMILES string of the molecule is CNc1ncc(Cl)c(Nc2ccccc2Cl)n1. The summed E-state index contributed by atoms with van der Waals surface area (Å²) in [5.41, 5.74) is 0.747. The van der Waals surface area contributed by atoms with Crippen molar-refractivity contribution in [1.29, 1.82) is 0 Å². The molecule has 1 aromatic carbocycles. The number of halogens is 2. The summed E-state index contributed by atoms with van der Waals surface area (Å²) in [6, 6.07) is 7.37. The average Bonchev–Trinajstić information content (AvgIpc) is 2.35. The minimum Gasteiger partial charge on any atom is -0.357 e. The Bertz CT molecular complexity index is 531. The van der Waals surface area contributed by atoms with Crippen molar-refractivity contribution in [3.8, 4) is 0 Å². The van der Waals surface area contributed by atoms with Gasteiger partial charge in [-0.05, 0) is 12.1 Å². The minimum absolute atomic E-state index is 0.434. The van der Waals surface area contributed by atoms with Gasteiger partial charge in [0.25, 0.3) is 0 Å². The number of aromatic nitrogens is 2. The van der Waals surface area contributed by atoms with E-state index in [4.69, 9.17) is 23.2 Å².